The van der Waals surface area contributed by atoms with E-state index in [0.717, 1.165) is 19.3 Å². The molecule has 2 aliphatic heterocycles. The summed E-state index contributed by atoms with van der Waals surface area (Å²) in [5.41, 5.74) is -0.0982. The summed E-state index contributed by atoms with van der Waals surface area (Å²) in [6.45, 7) is 7.95. The fraction of sp³-hybridized carbons (Fsp3) is 1.00. The Bertz CT molecular complexity index is 275. The third-order valence-electron chi connectivity index (χ3n) is 3.51. The zero-order valence-corrected chi connectivity index (χ0v) is 11.2. The standard InChI is InChI=1S/C13H24O4/c1-12(2)7-5-6-9(15-12)11-10(8-14)16-13(3,4)17-11/h9-11,14H,5-8H2,1-4H3/t9-,10+,11-/m1/s1. The normalized spacial score (nSPS) is 40.4. The van der Waals surface area contributed by atoms with Crippen molar-refractivity contribution in [1.29, 1.82) is 0 Å². The van der Waals surface area contributed by atoms with Crippen LogP contribution in [0.25, 0.3) is 0 Å². The molecule has 100 valence electrons. The molecule has 2 fully saturated rings. The maximum absolute atomic E-state index is 9.37. The van der Waals surface area contributed by atoms with Crippen LogP contribution >= 0.6 is 0 Å². The van der Waals surface area contributed by atoms with Crippen LogP contribution in [0, 0.1) is 0 Å². The second-order valence-corrected chi connectivity index (χ2v) is 6.13. The number of hydrogen-bond acceptors (Lipinski definition) is 4. The SMILES string of the molecule is CC1(C)CCC[C@H]([C@H]2OC(C)(C)O[C@H]2CO)O1. The Labute approximate surface area is 103 Å². The molecule has 3 atom stereocenters. The van der Waals surface area contributed by atoms with E-state index in [9.17, 15) is 5.11 Å². The fourth-order valence-electron chi connectivity index (χ4n) is 2.81. The fourth-order valence-corrected chi connectivity index (χ4v) is 2.81. The van der Waals surface area contributed by atoms with Gasteiger partial charge >= 0.3 is 0 Å². The molecule has 2 saturated heterocycles. The van der Waals surface area contributed by atoms with Crippen molar-refractivity contribution in [3.8, 4) is 0 Å². The van der Waals surface area contributed by atoms with Crippen LogP contribution in [0.4, 0.5) is 0 Å². The van der Waals surface area contributed by atoms with Gasteiger partial charge in [0.05, 0.1) is 18.3 Å². The Morgan fingerprint density at radius 3 is 2.41 bits per heavy atom. The molecule has 17 heavy (non-hydrogen) atoms. The molecule has 0 aromatic heterocycles. The Morgan fingerprint density at radius 2 is 1.82 bits per heavy atom. The molecule has 4 nitrogen and oxygen atoms in total. The highest BCUT2D eigenvalue weighted by Crippen LogP contribution is 2.37. The molecule has 0 radical (unpaired) electrons. The summed E-state index contributed by atoms with van der Waals surface area (Å²) < 4.78 is 17.6. The number of hydrogen-bond donors (Lipinski definition) is 1. The zero-order valence-electron chi connectivity index (χ0n) is 11.2. The van der Waals surface area contributed by atoms with Gasteiger partial charge in [-0.15, -0.1) is 0 Å². The van der Waals surface area contributed by atoms with Crippen molar-refractivity contribution in [2.45, 2.75) is 76.7 Å². The summed E-state index contributed by atoms with van der Waals surface area (Å²) in [5.74, 6) is -0.622. The van der Waals surface area contributed by atoms with E-state index in [1.54, 1.807) is 0 Å². The van der Waals surface area contributed by atoms with Crippen molar-refractivity contribution in [2.75, 3.05) is 6.61 Å². The number of aliphatic hydroxyl groups excluding tert-OH is 1. The molecule has 0 spiro atoms. The van der Waals surface area contributed by atoms with E-state index in [1.165, 1.54) is 0 Å². The quantitative estimate of drug-likeness (QED) is 0.805. The molecule has 0 aliphatic carbocycles. The predicted octanol–water partition coefficient (Wildman–Crippen LogP) is 1.85. The largest absolute Gasteiger partial charge is 0.394 e. The van der Waals surface area contributed by atoms with Gasteiger partial charge in [0.25, 0.3) is 0 Å². The summed E-state index contributed by atoms with van der Waals surface area (Å²) in [7, 11) is 0. The Kier molecular flexibility index (Phi) is 3.51. The molecule has 2 aliphatic rings. The van der Waals surface area contributed by atoms with Crippen molar-refractivity contribution >= 4 is 0 Å². The first-order chi connectivity index (χ1) is 7.83. The van der Waals surface area contributed by atoms with Crippen molar-refractivity contribution < 1.29 is 19.3 Å². The van der Waals surface area contributed by atoms with Gasteiger partial charge < -0.3 is 19.3 Å². The second-order valence-electron chi connectivity index (χ2n) is 6.13. The number of ether oxygens (including phenoxy) is 3. The minimum absolute atomic E-state index is 0.0195. The molecule has 0 aromatic carbocycles. The molecule has 2 rings (SSSR count). The van der Waals surface area contributed by atoms with Crippen LogP contribution < -0.4 is 0 Å². The average molecular weight is 244 g/mol. The van der Waals surface area contributed by atoms with Gasteiger partial charge in [-0.05, 0) is 47.0 Å². The average Bonchev–Trinajstić information content (AvgIpc) is 2.52. The van der Waals surface area contributed by atoms with Gasteiger partial charge in [-0.2, -0.15) is 0 Å². The molecule has 0 bridgehead atoms. The van der Waals surface area contributed by atoms with Crippen LogP contribution in [0.2, 0.25) is 0 Å². The molecular weight excluding hydrogens is 220 g/mol. The highest BCUT2D eigenvalue weighted by Gasteiger charge is 2.47. The van der Waals surface area contributed by atoms with E-state index in [-0.39, 0.29) is 30.5 Å². The van der Waals surface area contributed by atoms with E-state index >= 15 is 0 Å². The minimum atomic E-state index is -0.622. The van der Waals surface area contributed by atoms with Crippen LogP contribution in [-0.2, 0) is 14.2 Å². The third-order valence-corrected chi connectivity index (χ3v) is 3.51. The third kappa shape index (κ3) is 2.99. The Balaban J connectivity index is 2.06. The maximum Gasteiger partial charge on any atom is 0.164 e. The predicted molar refractivity (Wildman–Crippen MR) is 63.7 cm³/mol. The van der Waals surface area contributed by atoms with E-state index in [4.69, 9.17) is 14.2 Å². The van der Waals surface area contributed by atoms with Gasteiger partial charge in [0.1, 0.15) is 12.2 Å². The Hall–Kier alpha value is -0.160. The summed E-state index contributed by atoms with van der Waals surface area (Å²) >= 11 is 0. The van der Waals surface area contributed by atoms with Gasteiger partial charge in [-0.25, -0.2) is 0 Å². The lowest BCUT2D eigenvalue weighted by atomic mass is 9.92. The van der Waals surface area contributed by atoms with E-state index in [1.807, 2.05) is 13.8 Å². The van der Waals surface area contributed by atoms with Crippen molar-refractivity contribution in [1.82, 2.24) is 0 Å². The molecule has 0 aromatic rings. The maximum atomic E-state index is 9.37. The lowest BCUT2D eigenvalue weighted by molar-refractivity contribution is -0.185. The van der Waals surface area contributed by atoms with Crippen LogP contribution in [0.3, 0.4) is 0 Å². The van der Waals surface area contributed by atoms with Gasteiger partial charge in [0.2, 0.25) is 0 Å². The number of rotatable bonds is 2. The summed E-state index contributed by atoms with van der Waals surface area (Å²) in [6, 6.07) is 0. The molecule has 0 unspecified atom stereocenters. The van der Waals surface area contributed by atoms with E-state index < -0.39 is 5.79 Å². The van der Waals surface area contributed by atoms with Gasteiger partial charge in [0.15, 0.2) is 5.79 Å². The van der Waals surface area contributed by atoms with Crippen LogP contribution in [0.1, 0.15) is 47.0 Å². The van der Waals surface area contributed by atoms with Gasteiger partial charge in [0, 0.05) is 0 Å². The highest BCUT2D eigenvalue weighted by molar-refractivity contribution is 4.91. The number of aliphatic hydroxyl groups is 1. The van der Waals surface area contributed by atoms with Crippen LogP contribution in [-0.4, -0.2) is 41.4 Å². The summed E-state index contributed by atoms with van der Waals surface area (Å²) in [4.78, 5) is 0. The summed E-state index contributed by atoms with van der Waals surface area (Å²) in [5, 5.41) is 9.37. The molecule has 0 amide bonds. The first-order valence-electron chi connectivity index (χ1n) is 6.47. The first kappa shape index (κ1) is 13.3. The van der Waals surface area contributed by atoms with E-state index in [2.05, 4.69) is 13.8 Å². The second kappa shape index (κ2) is 4.50. The lowest BCUT2D eigenvalue weighted by Gasteiger charge is -2.39. The van der Waals surface area contributed by atoms with E-state index in [0.29, 0.717) is 0 Å². The smallest absolute Gasteiger partial charge is 0.164 e. The minimum Gasteiger partial charge on any atom is -0.394 e. The molecule has 0 saturated carbocycles. The lowest BCUT2D eigenvalue weighted by Crippen LogP contribution is -2.46. The zero-order chi connectivity index (χ0) is 12.7. The molecule has 4 heteroatoms. The van der Waals surface area contributed by atoms with Gasteiger partial charge in [-0.1, -0.05) is 0 Å². The molecular formula is C13H24O4. The van der Waals surface area contributed by atoms with Crippen LogP contribution in [0.15, 0.2) is 0 Å². The van der Waals surface area contributed by atoms with Crippen molar-refractivity contribution in [3.05, 3.63) is 0 Å². The first-order valence-corrected chi connectivity index (χ1v) is 6.47. The molecule has 1 N–H and O–H groups in total. The van der Waals surface area contributed by atoms with Crippen LogP contribution in [0.5, 0.6) is 0 Å². The summed E-state index contributed by atoms with van der Waals surface area (Å²) in [6.07, 6.45) is 2.78. The van der Waals surface area contributed by atoms with Crippen molar-refractivity contribution in [2.24, 2.45) is 0 Å². The molecule has 2 heterocycles. The van der Waals surface area contributed by atoms with Gasteiger partial charge in [-0.3, -0.25) is 0 Å². The highest BCUT2D eigenvalue weighted by atomic mass is 16.8. The Morgan fingerprint density at radius 1 is 1.12 bits per heavy atom. The van der Waals surface area contributed by atoms with Crippen molar-refractivity contribution in [3.63, 3.8) is 0 Å². The monoisotopic (exact) mass is 244 g/mol. The topological polar surface area (TPSA) is 47.9 Å².